The van der Waals surface area contributed by atoms with Crippen LogP contribution in [0.4, 0.5) is 0 Å². The summed E-state index contributed by atoms with van der Waals surface area (Å²) in [5.74, 6) is 1.24. The highest BCUT2D eigenvalue weighted by molar-refractivity contribution is 9.10. The molecular weight excluding hydrogens is 362 g/mol. The van der Waals surface area contributed by atoms with Crippen LogP contribution in [0.15, 0.2) is 34.8 Å². The zero-order valence-electron chi connectivity index (χ0n) is 13.0. The lowest BCUT2D eigenvalue weighted by atomic mass is 9.84. The highest BCUT2D eigenvalue weighted by atomic mass is 79.9. The first-order valence-electron chi connectivity index (χ1n) is 7.30. The quantitative estimate of drug-likeness (QED) is 0.727. The second-order valence-corrected chi connectivity index (χ2v) is 7.22. The highest BCUT2D eigenvalue weighted by Gasteiger charge is 2.27. The van der Waals surface area contributed by atoms with Gasteiger partial charge in [0, 0.05) is 28.5 Å². The van der Waals surface area contributed by atoms with Gasteiger partial charge in [-0.15, -0.1) is 0 Å². The Morgan fingerprint density at radius 2 is 2.05 bits per heavy atom. The lowest BCUT2D eigenvalue weighted by Crippen LogP contribution is -2.31. The smallest absolute Gasteiger partial charge is 0.122 e. The van der Waals surface area contributed by atoms with E-state index < -0.39 is 0 Å². The average molecular weight is 381 g/mol. The van der Waals surface area contributed by atoms with Crippen molar-refractivity contribution in [3.63, 3.8) is 0 Å². The molecule has 0 radical (unpaired) electrons. The van der Waals surface area contributed by atoms with Crippen LogP contribution in [0, 0.1) is 6.92 Å². The minimum absolute atomic E-state index is 0.304. The molecule has 0 N–H and O–H groups in total. The number of likely N-dealkylation sites (N-methyl/N-ethyl adjacent to an activating group) is 1. The lowest BCUT2D eigenvalue weighted by Gasteiger charge is -2.33. The number of hydrogen-bond acceptors (Lipinski definition) is 2. The van der Waals surface area contributed by atoms with E-state index in [4.69, 9.17) is 16.3 Å². The molecule has 2 nitrogen and oxygen atoms in total. The Hall–Kier alpha value is -1.03. The summed E-state index contributed by atoms with van der Waals surface area (Å²) in [5, 5.41) is 0.777. The van der Waals surface area contributed by atoms with E-state index in [9.17, 15) is 0 Å². The van der Waals surface area contributed by atoms with Crippen LogP contribution in [0.25, 0.3) is 0 Å². The van der Waals surface area contributed by atoms with Crippen molar-refractivity contribution >= 4 is 27.5 Å². The van der Waals surface area contributed by atoms with Crippen molar-refractivity contribution in [1.82, 2.24) is 4.90 Å². The zero-order valence-corrected chi connectivity index (χ0v) is 15.3. The molecule has 1 atom stereocenters. The van der Waals surface area contributed by atoms with E-state index in [1.165, 1.54) is 16.7 Å². The summed E-state index contributed by atoms with van der Waals surface area (Å²) in [4.78, 5) is 2.35. The number of ether oxygens (including phenoxy) is 1. The molecule has 1 heterocycles. The minimum atomic E-state index is 0.304. The van der Waals surface area contributed by atoms with Crippen LogP contribution in [0.2, 0.25) is 5.02 Å². The summed E-state index contributed by atoms with van der Waals surface area (Å²) >= 11 is 9.95. The Kier molecular flexibility index (Phi) is 4.49. The monoisotopic (exact) mass is 379 g/mol. The second kappa shape index (κ2) is 6.23. The molecule has 0 aromatic heterocycles. The van der Waals surface area contributed by atoms with Gasteiger partial charge in [0.25, 0.3) is 0 Å². The van der Waals surface area contributed by atoms with E-state index in [1.807, 2.05) is 6.07 Å². The second-order valence-electron chi connectivity index (χ2n) is 5.93. The van der Waals surface area contributed by atoms with E-state index >= 15 is 0 Å². The van der Waals surface area contributed by atoms with Gasteiger partial charge in [0.2, 0.25) is 0 Å². The molecule has 1 unspecified atom stereocenters. The minimum Gasteiger partial charge on any atom is -0.496 e. The topological polar surface area (TPSA) is 12.5 Å². The first-order chi connectivity index (χ1) is 10.5. The maximum atomic E-state index is 6.29. The summed E-state index contributed by atoms with van der Waals surface area (Å²) in [6.07, 6.45) is 0. The Labute approximate surface area is 145 Å². The van der Waals surface area contributed by atoms with Gasteiger partial charge in [-0.3, -0.25) is 0 Å². The SMILES string of the molecule is COc1cc(C2CN(C)Cc3c(Br)cc(Cl)cc32)ccc1C. The Balaban J connectivity index is 2.13. The molecule has 2 aromatic rings. The van der Waals surface area contributed by atoms with E-state index in [1.54, 1.807) is 7.11 Å². The Morgan fingerprint density at radius 3 is 2.77 bits per heavy atom. The summed E-state index contributed by atoms with van der Waals surface area (Å²) in [6, 6.07) is 10.6. The lowest BCUT2D eigenvalue weighted by molar-refractivity contribution is 0.294. The van der Waals surface area contributed by atoms with Gasteiger partial charge in [0.15, 0.2) is 0 Å². The molecule has 0 amide bonds. The fraction of sp³-hybridized carbons (Fsp3) is 0.333. The average Bonchev–Trinajstić information content (AvgIpc) is 2.48. The zero-order chi connectivity index (χ0) is 15.9. The van der Waals surface area contributed by atoms with Crippen molar-refractivity contribution in [3.8, 4) is 5.75 Å². The molecule has 0 saturated carbocycles. The van der Waals surface area contributed by atoms with Crippen molar-refractivity contribution in [2.45, 2.75) is 19.4 Å². The van der Waals surface area contributed by atoms with Gasteiger partial charge < -0.3 is 9.64 Å². The molecule has 2 aromatic carbocycles. The normalized spacial score (nSPS) is 18.1. The van der Waals surface area contributed by atoms with Crippen LogP contribution in [-0.4, -0.2) is 25.6 Å². The number of nitrogens with zero attached hydrogens (tertiary/aromatic N) is 1. The maximum Gasteiger partial charge on any atom is 0.122 e. The largest absolute Gasteiger partial charge is 0.496 e. The van der Waals surface area contributed by atoms with Crippen molar-refractivity contribution in [3.05, 3.63) is 62.1 Å². The first kappa shape index (κ1) is 15.9. The molecule has 116 valence electrons. The van der Waals surface area contributed by atoms with Gasteiger partial charge >= 0.3 is 0 Å². The molecule has 0 bridgehead atoms. The summed E-state index contributed by atoms with van der Waals surface area (Å²) in [6.45, 7) is 3.98. The Bertz CT molecular complexity index is 716. The van der Waals surface area contributed by atoms with Gasteiger partial charge in [-0.25, -0.2) is 0 Å². The Morgan fingerprint density at radius 1 is 1.27 bits per heavy atom. The van der Waals surface area contributed by atoms with Gasteiger partial charge in [-0.05, 0) is 54.4 Å². The molecule has 0 saturated heterocycles. The van der Waals surface area contributed by atoms with Gasteiger partial charge in [-0.1, -0.05) is 39.7 Å². The van der Waals surface area contributed by atoms with Crippen LogP contribution >= 0.6 is 27.5 Å². The third-order valence-electron chi connectivity index (χ3n) is 4.33. The molecule has 0 fully saturated rings. The first-order valence-corrected chi connectivity index (χ1v) is 8.47. The van der Waals surface area contributed by atoms with Crippen LogP contribution in [0.3, 0.4) is 0 Å². The van der Waals surface area contributed by atoms with Gasteiger partial charge in [0.05, 0.1) is 7.11 Å². The van der Waals surface area contributed by atoms with Gasteiger partial charge in [-0.2, -0.15) is 0 Å². The number of hydrogen-bond donors (Lipinski definition) is 0. The number of halogens is 2. The van der Waals surface area contributed by atoms with Crippen LogP contribution in [0.1, 0.15) is 28.2 Å². The summed E-state index contributed by atoms with van der Waals surface area (Å²) < 4.78 is 6.58. The molecule has 3 rings (SSSR count). The summed E-state index contributed by atoms with van der Waals surface area (Å²) in [7, 11) is 3.88. The number of aryl methyl sites for hydroxylation is 1. The molecule has 4 heteroatoms. The predicted octanol–water partition coefficient (Wildman–Crippen LogP) is 5.00. The molecule has 1 aliphatic rings. The number of methoxy groups -OCH3 is 1. The maximum absolute atomic E-state index is 6.29. The number of fused-ring (bicyclic) bond motifs is 1. The highest BCUT2D eigenvalue weighted by Crippen LogP contribution is 2.39. The molecule has 1 aliphatic heterocycles. The number of rotatable bonds is 2. The third kappa shape index (κ3) is 2.90. The van der Waals surface area contributed by atoms with Crippen molar-refractivity contribution < 1.29 is 4.74 Å². The van der Waals surface area contributed by atoms with Crippen molar-refractivity contribution in [2.75, 3.05) is 20.7 Å². The fourth-order valence-corrected chi connectivity index (χ4v) is 4.14. The van der Waals surface area contributed by atoms with E-state index in [2.05, 4.69) is 59.1 Å². The van der Waals surface area contributed by atoms with Crippen LogP contribution < -0.4 is 4.74 Å². The molecule has 22 heavy (non-hydrogen) atoms. The van der Waals surface area contributed by atoms with Gasteiger partial charge in [0.1, 0.15) is 5.75 Å². The van der Waals surface area contributed by atoms with E-state index in [0.717, 1.165) is 33.9 Å². The van der Waals surface area contributed by atoms with Crippen molar-refractivity contribution in [1.29, 1.82) is 0 Å². The molecular formula is C18H19BrClNO. The standard InChI is InChI=1S/C18H19BrClNO/c1-11-4-5-12(6-18(11)22-3)15-9-21(2)10-16-14(15)7-13(20)8-17(16)19/h4-8,15H,9-10H2,1-3H3. The van der Waals surface area contributed by atoms with E-state index in [0.29, 0.717) is 5.92 Å². The molecule has 0 spiro atoms. The fourth-order valence-electron chi connectivity index (χ4n) is 3.18. The number of benzene rings is 2. The van der Waals surface area contributed by atoms with Crippen LogP contribution in [0.5, 0.6) is 5.75 Å². The van der Waals surface area contributed by atoms with Crippen LogP contribution in [-0.2, 0) is 6.54 Å². The van der Waals surface area contributed by atoms with E-state index in [-0.39, 0.29) is 0 Å². The summed E-state index contributed by atoms with van der Waals surface area (Å²) in [5.41, 5.74) is 5.05. The molecule has 0 aliphatic carbocycles. The van der Waals surface area contributed by atoms with Crippen molar-refractivity contribution in [2.24, 2.45) is 0 Å². The predicted molar refractivity (Wildman–Crippen MR) is 95.1 cm³/mol. The third-order valence-corrected chi connectivity index (χ3v) is 5.25.